The van der Waals surface area contributed by atoms with Gasteiger partial charge in [0.15, 0.2) is 0 Å². The minimum Gasteiger partial charge on any atom is -0.479 e. The summed E-state index contributed by atoms with van der Waals surface area (Å²) in [5, 5.41) is 9.59. The largest absolute Gasteiger partial charge is 0.479 e. The van der Waals surface area contributed by atoms with E-state index >= 15 is 0 Å². The predicted molar refractivity (Wildman–Crippen MR) is 77.0 cm³/mol. The standard InChI is InChI=1S/C15H17ClFNO3/c1-2-6-15(14(20)21)7-3-8-18(15)13(19)11-5-4-10(17)9-12(11)16/h4-5,9H,2-3,6-8H2,1H3,(H,20,21). The summed E-state index contributed by atoms with van der Waals surface area (Å²) in [6, 6.07) is 3.52. The molecule has 1 saturated heterocycles. The van der Waals surface area contributed by atoms with Crippen LogP contribution < -0.4 is 0 Å². The van der Waals surface area contributed by atoms with Gasteiger partial charge in [-0.3, -0.25) is 4.79 Å². The molecule has 1 unspecified atom stereocenters. The second-order valence-electron chi connectivity index (χ2n) is 5.27. The number of amides is 1. The van der Waals surface area contributed by atoms with Gasteiger partial charge in [0.05, 0.1) is 10.6 Å². The molecule has 1 aromatic rings. The fourth-order valence-electron chi connectivity index (χ4n) is 2.99. The molecule has 1 N–H and O–H groups in total. The zero-order valence-electron chi connectivity index (χ0n) is 11.7. The van der Waals surface area contributed by atoms with Crippen molar-refractivity contribution >= 4 is 23.5 Å². The van der Waals surface area contributed by atoms with E-state index in [1.54, 1.807) is 0 Å². The van der Waals surface area contributed by atoms with Crippen LogP contribution in [-0.2, 0) is 4.79 Å². The summed E-state index contributed by atoms with van der Waals surface area (Å²) < 4.78 is 13.1. The molecule has 6 heteroatoms. The Bertz CT molecular complexity index is 578. The summed E-state index contributed by atoms with van der Waals surface area (Å²) in [5.74, 6) is -1.97. The van der Waals surface area contributed by atoms with Crippen molar-refractivity contribution in [2.75, 3.05) is 6.54 Å². The molecule has 0 aromatic heterocycles. The van der Waals surface area contributed by atoms with Gasteiger partial charge in [0.2, 0.25) is 0 Å². The number of halogens is 2. The zero-order valence-corrected chi connectivity index (χ0v) is 12.5. The van der Waals surface area contributed by atoms with Crippen LogP contribution in [0.1, 0.15) is 43.0 Å². The summed E-state index contributed by atoms with van der Waals surface area (Å²) in [7, 11) is 0. The average molecular weight is 314 g/mol. The summed E-state index contributed by atoms with van der Waals surface area (Å²) in [4.78, 5) is 25.7. The van der Waals surface area contributed by atoms with E-state index < -0.39 is 23.2 Å². The number of carbonyl (C=O) groups excluding carboxylic acids is 1. The van der Waals surface area contributed by atoms with Crippen LogP contribution in [0.25, 0.3) is 0 Å². The van der Waals surface area contributed by atoms with E-state index in [1.807, 2.05) is 6.92 Å². The molecule has 1 atom stereocenters. The quantitative estimate of drug-likeness (QED) is 0.927. The van der Waals surface area contributed by atoms with Crippen molar-refractivity contribution in [1.29, 1.82) is 0 Å². The first-order chi connectivity index (χ1) is 9.92. The van der Waals surface area contributed by atoms with E-state index in [4.69, 9.17) is 11.6 Å². The molecule has 1 fully saturated rings. The van der Waals surface area contributed by atoms with Gasteiger partial charge in [0.25, 0.3) is 5.91 Å². The van der Waals surface area contributed by atoms with E-state index in [2.05, 4.69) is 0 Å². The Morgan fingerprint density at radius 2 is 2.19 bits per heavy atom. The molecule has 0 bridgehead atoms. The SMILES string of the molecule is CCCC1(C(=O)O)CCCN1C(=O)c1ccc(F)cc1Cl. The van der Waals surface area contributed by atoms with Gasteiger partial charge >= 0.3 is 5.97 Å². The van der Waals surface area contributed by atoms with Crippen molar-refractivity contribution < 1.29 is 19.1 Å². The van der Waals surface area contributed by atoms with Gasteiger partial charge in [0.1, 0.15) is 11.4 Å². The van der Waals surface area contributed by atoms with Crippen LogP contribution >= 0.6 is 11.6 Å². The number of benzene rings is 1. The smallest absolute Gasteiger partial charge is 0.329 e. The minimum atomic E-state index is -1.18. The van der Waals surface area contributed by atoms with E-state index in [0.29, 0.717) is 32.2 Å². The number of carbonyl (C=O) groups is 2. The molecule has 21 heavy (non-hydrogen) atoms. The first-order valence-electron chi connectivity index (χ1n) is 6.93. The summed E-state index contributed by atoms with van der Waals surface area (Å²) in [6.07, 6.45) is 2.12. The molecular weight excluding hydrogens is 297 g/mol. The molecule has 1 aliphatic heterocycles. The molecule has 0 saturated carbocycles. The lowest BCUT2D eigenvalue weighted by Gasteiger charge is -2.34. The number of rotatable bonds is 4. The van der Waals surface area contributed by atoms with Gasteiger partial charge in [0, 0.05) is 6.54 Å². The maximum absolute atomic E-state index is 13.1. The molecule has 0 radical (unpaired) electrons. The first kappa shape index (κ1) is 15.8. The molecule has 1 heterocycles. The maximum atomic E-state index is 13.1. The van der Waals surface area contributed by atoms with Crippen molar-refractivity contribution in [3.63, 3.8) is 0 Å². The van der Waals surface area contributed by atoms with Crippen molar-refractivity contribution in [3.8, 4) is 0 Å². The van der Waals surface area contributed by atoms with Crippen LogP contribution in [0.5, 0.6) is 0 Å². The second kappa shape index (κ2) is 6.02. The van der Waals surface area contributed by atoms with Gasteiger partial charge in [-0.25, -0.2) is 9.18 Å². The molecule has 114 valence electrons. The summed E-state index contributed by atoms with van der Waals surface area (Å²) in [5.41, 5.74) is -1.04. The second-order valence-corrected chi connectivity index (χ2v) is 5.68. The van der Waals surface area contributed by atoms with E-state index in [1.165, 1.54) is 11.0 Å². The first-order valence-corrected chi connectivity index (χ1v) is 7.30. The number of hydrogen-bond acceptors (Lipinski definition) is 2. The number of aliphatic carboxylic acids is 1. The highest BCUT2D eigenvalue weighted by Gasteiger charge is 2.49. The van der Waals surface area contributed by atoms with Crippen LogP contribution in [0.2, 0.25) is 5.02 Å². The summed E-state index contributed by atoms with van der Waals surface area (Å²) in [6.45, 7) is 2.26. The lowest BCUT2D eigenvalue weighted by atomic mass is 9.90. The Morgan fingerprint density at radius 3 is 2.76 bits per heavy atom. The average Bonchev–Trinajstić information content (AvgIpc) is 2.83. The molecule has 1 amide bonds. The molecule has 1 aliphatic rings. The Kier molecular flexibility index (Phi) is 4.52. The Hall–Kier alpha value is -1.62. The molecule has 2 rings (SSSR count). The lowest BCUT2D eigenvalue weighted by molar-refractivity contribution is -0.148. The van der Waals surface area contributed by atoms with Crippen LogP contribution in [-0.4, -0.2) is 34.0 Å². The van der Waals surface area contributed by atoms with Crippen molar-refractivity contribution in [2.24, 2.45) is 0 Å². The Labute approximate surface area is 127 Å². The van der Waals surface area contributed by atoms with Crippen LogP contribution in [0.3, 0.4) is 0 Å². The number of nitrogens with zero attached hydrogens (tertiary/aromatic N) is 1. The minimum absolute atomic E-state index is 0.00249. The summed E-state index contributed by atoms with van der Waals surface area (Å²) >= 11 is 5.92. The van der Waals surface area contributed by atoms with Gasteiger partial charge in [-0.15, -0.1) is 0 Å². The number of carboxylic acid groups (broad SMARTS) is 1. The molecule has 0 spiro atoms. The third-order valence-electron chi connectivity index (χ3n) is 3.96. The van der Waals surface area contributed by atoms with E-state index in [-0.39, 0.29) is 10.6 Å². The van der Waals surface area contributed by atoms with Crippen molar-refractivity contribution in [1.82, 2.24) is 4.90 Å². The third kappa shape index (κ3) is 2.75. The van der Waals surface area contributed by atoms with Gasteiger partial charge in [-0.05, 0) is 37.5 Å². The fourth-order valence-corrected chi connectivity index (χ4v) is 3.23. The molecule has 1 aromatic carbocycles. The normalized spacial score (nSPS) is 21.6. The van der Waals surface area contributed by atoms with Gasteiger partial charge in [-0.2, -0.15) is 0 Å². The highest BCUT2D eigenvalue weighted by Crippen LogP contribution is 2.36. The zero-order chi connectivity index (χ0) is 15.6. The topological polar surface area (TPSA) is 57.6 Å². The monoisotopic (exact) mass is 313 g/mol. The number of likely N-dealkylation sites (tertiary alicyclic amines) is 1. The molecule has 4 nitrogen and oxygen atoms in total. The number of carboxylic acids is 1. The Morgan fingerprint density at radius 1 is 1.48 bits per heavy atom. The van der Waals surface area contributed by atoms with Crippen LogP contribution in [0.15, 0.2) is 18.2 Å². The van der Waals surface area contributed by atoms with Crippen LogP contribution in [0.4, 0.5) is 4.39 Å². The van der Waals surface area contributed by atoms with Gasteiger partial charge in [-0.1, -0.05) is 24.9 Å². The van der Waals surface area contributed by atoms with Crippen molar-refractivity contribution in [3.05, 3.63) is 34.6 Å². The molecular formula is C15H17ClFNO3. The Balaban J connectivity index is 2.39. The fraction of sp³-hybridized carbons (Fsp3) is 0.467. The van der Waals surface area contributed by atoms with Gasteiger partial charge < -0.3 is 10.0 Å². The highest BCUT2D eigenvalue weighted by molar-refractivity contribution is 6.33. The highest BCUT2D eigenvalue weighted by atomic mass is 35.5. The molecule has 0 aliphatic carbocycles. The van der Waals surface area contributed by atoms with E-state index in [9.17, 15) is 19.1 Å². The predicted octanol–water partition coefficient (Wildman–Crippen LogP) is 3.34. The third-order valence-corrected chi connectivity index (χ3v) is 4.27. The number of hydrogen-bond donors (Lipinski definition) is 1. The maximum Gasteiger partial charge on any atom is 0.329 e. The van der Waals surface area contributed by atoms with Crippen molar-refractivity contribution in [2.45, 2.75) is 38.1 Å². The van der Waals surface area contributed by atoms with Crippen LogP contribution in [0, 0.1) is 5.82 Å². The van der Waals surface area contributed by atoms with E-state index in [0.717, 1.165) is 12.1 Å². The lowest BCUT2D eigenvalue weighted by Crippen LogP contribution is -2.53.